The molecular formula is C8H14O. The maximum atomic E-state index is 5.18. The Morgan fingerprint density at radius 3 is 2.33 bits per heavy atom. The predicted molar refractivity (Wildman–Crippen MR) is 38.2 cm³/mol. The van der Waals surface area contributed by atoms with Gasteiger partial charge in [-0.25, -0.2) is 0 Å². The highest BCUT2D eigenvalue weighted by atomic mass is 16.5. The predicted octanol–water partition coefficient (Wildman–Crippen LogP) is 2.48. The largest absolute Gasteiger partial charge is 0.501 e. The first-order valence-corrected chi connectivity index (χ1v) is 3.57. The molecule has 0 atom stereocenters. The van der Waals surface area contributed by atoms with E-state index in [4.69, 9.17) is 4.74 Å². The van der Waals surface area contributed by atoms with E-state index >= 15 is 0 Å². The van der Waals surface area contributed by atoms with E-state index in [-0.39, 0.29) is 0 Å². The first-order valence-electron chi connectivity index (χ1n) is 3.57. The van der Waals surface area contributed by atoms with Crippen LogP contribution in [0, 0.1) is 0 Å². The van der Waals surface area contributed by atoms with Crippen molar-refractivity contribution in [2.75, 3.05) is 7.11 Å². The van der Waals surface area contributed by atoms with Crippen molar-refractivity contribution in [3.8, 4) is 0 Å². The molecule has 0 N–H and O–H groups in total. The minimum atomic E-state index is 1.16. The first-order chi connectivity index (χ1) is 4.34. The van der Waals surface area contributed by atoms with Gasteiger partial charge in [0.25, 0.3) is 0 Å². The van der Waals surface area contributed by atoms with Gasteiger partial charge < -0.3 is 4.74 Å². The molecule has 0 aromatic carbocycles. The van der Waals surface area contributed by atoms with Crippen molar-refractivity contribution in [3.05, 3.63) is 11.3 Å². The van der Waals surface area contributed by atoms with Gasteiger partial charge in [0.1, 0.15) is 0 Å². The lowest BCUT2D eigenvalue weighted by Crippen LogP contribution is -1.98. The fraction of sp³-hybridized carbons (Fsp3) is 0.750. The summed E-state index contributed by atoms with van der Waals surface area (Å²) in [4.78, 5) is 0. The molecule has 52 valence electrons. The summed E-state index contributed by atoms with van der Waals surface area (Å²) >= 11 is 0. The van der Waals surface area contributed by atoms with E-state index in [1.807, 2.05) is 0 Å². The highest BCUT2D eigenvalue weighted by Crippen LogP contribution is 2.23. The third-order valence-corrected chi connectivity index (χ3v) is 1.93. The Hall–Kier alpha value is -0.460. The maximum absolute atomic E-state index is 5.18. The molecule has 1 aliphatic carbocycles. The van der Waals surface area contributed by atoms with Crippen LogP contribution in [0.1, 0.15) is 32.6 Å². The lowest BCUT2D eigenvalue weighted by atomic mass is 9.99. The summed E-state index contributed by atoms with van der Waals surface area (Å²) in [7, 11) is 1.77. The van der Waals surface area contributed by atoms with Gasteiger partial charge in [-0.3, -0.25) is 0 Å². The monoisotopic (exact) mass is 126 g/mol. The van der Waals surface area contributed by atoms with Gasteiger partial charge in [0.05, 0.1) is 12.9 Å². The smallest absolute Gasteiger partial charge is 0.0944 e. The SMILES string of the molecule is COC1=C(C)CCCC1. The van der Waals surface area contributed by atoms with Crippen LogP contribution in [0.5, 0.6) is 0 Å². The molecule has 0 aliphatic heterocycles. The summed E-state index contributed by atoms with van der Waals surface area (Å²) in [6.07, 6.45) is 5.05. The van der Waals surface area contributed by atoms with Crippen molar-refractivity contribution in [1.82, 2.24) is 0 Å². The average molecular weight is 126 g/mol. The summed E-state index contributed by atoms with van der Waals surface area (Å²) in [6, 6.07) is 0. The summed E-state index contributed by atoms with van der Waals surface area (Å²) in [6.45, 7) is 2.16. The molecule has 1 rings (SSSR count). The lowest BCUT2D eigenvalue weighted by molar-refractivity contribution is 0.261. The van der Waals surface area contributed by atoms with Gasteiger partial charge in [0, 0.05) is 6.42 Å². The van der Waals surface area contributed by atoms with Gasteiger partial charge in [-0.05, 0) is 31.8 Å². The Balaban J connectivity index is 2.59. The van der Waals surface area contributed by atoms with Crippen LogP contribution in [-0.2, 0) is 4.74 Å². The van der Waals surface area contributed by atoms with Gasteiger partial charge in [-0.15, -0.1) is 0 Å². The molecule has 9 heavy (non-hydrogen) atoms. The van der Waals surface area contributed by atoms with Gasteiger partial charge >= 0.3 is 0 Å². The molecule has 0 amide bonds. The highest BCUT2D eigenvalue weighted by Gasteiger charge is 2.07. The van der Waals surface area contributed by atoms with Crippen LogP contribution in [0.2, 0.25) is 0 Å². The van der Waals surface area contributed by atoms with Crippen molar-refractivity contribution in [2.24, 2.45) is 0 Å². The Morgan fingerprint density at radius 1 is 1.22 bits per heavy atom. The molecule has 0 radical (unpaired) electrons. The zero-order valence-electron chi connectivity index (χ0n) is 6.24. The molecule has 0 saturated heterocycles. The molecule has 1 heteroatoms. The van der Waals surface area contributed by atoms with E-state index in [1.165, 1.54) is 30.6 Å². The summed E-state index contributed by atoms with van der Waals surface area (Å²) in [5, 5.41) is 0. The third kappa shape index (κ3) is 1.47. The molecule has 0 saturated carbocycles. The van der Waals surface area contributed by atoms with Gasteiger partial charge in [-0.2, -0.15) is 0 Å². The van der Waals surface area contributed by atoms with Gasteiger partial charge in [-0.1, -0.05) is 0 Å². The van der Waals surface area contributed by atoms with Crippen LogP contribution in [-0.4, -0.2) is 7.11 Å². The second kappa shape index (κ2) is 2.90. The number of allylic oxidation sites excluding steroid dienone is 2. The topological polar surface area (TPSA) is 9.23 Å². The molecule has 0 bridgehead atoms. The van der Waals surface area contributed by atoms with Crippen LogP contribution < -0.4 is 0 Å². The van der Waals surface area contributed by atoms with Crippen LogP contribution in [0.25, 0.3) is 0 Å². The van der Waals surface area contributed by atoms with E-state index in [2.05, 4.69) is 6.92 Å². The molecule has 0 fully saturated rings. The molecule has 0 aromatic heterocycles. The van der Waals surface area contributed by atoms with E-state index in [1.54, 1.807) is 7.11 Å². The van der Waals surface area contributed by atoms with Gasteiger partial charge in [0.15, 0.2) is 0 Å². The number of hydrogen-bond acceptors (Lipinski definition) is 1. The second-order valence-corrected chi connectivity index (χ2v) is 2.61. The zero-order chi connectivity index (χ0) is 6.69. The Morgan fingerprint density at radius 2 is 1.89 bits per heavy atom. The molecule has 0 heterocycles. The first kappa shape index (κ1) is 6.66. The van der Waals surface area contributed by atoms with Crippen molar-refractivity contribution in [1.29, 1.82) is 0 Å². The highest BCUT2D eigenvalue weighted by molar-refractivity contribution is 5.08. The van der Waals surface area contributed by atoms with Crippen LogP contribution >= 0.6 is 0 Å². The standard InChI is InChI=1S/C8H14O/c1-7-5-3-4-6-8(7)9-2/h3-6H2,1-2H3. The van der Waals surface area contributed by atoms with Crippen LogP contribution in [0.15, 0.2) is 11.3 Å². The average Bonchev–Trinajstić information content (AvgIpc) is 1.89. The Kier molecular flexibility index (Phi) is 2.15. The summed E-state index contributed by atoms with van der Waals surface area (Å²) in [5.74, 6) is 1.22. The molecule has 0 unspecified atom stereocenters. The second-order valence-electron chi connectivity index (χ2n) is 2.61. The third-order valence-electron chi connectivity index (χ3n) is 1.93. The fourth-order valence-electron chi connectivity index (χ4n) is 1.30. The number of methoxy groups -OCH3 is 1. The van der Waals surface area contributed by atoms with Crippen molar-refractivity contribution >= 4 is 0 Å². The van der Waals surface area contributed by atoms with E-state index in [0.29, 0.717) is 0 Å². The van der Waals surface area contributed by atoms with E-state index in [9.17, 15) is 0 Å². The lowest BCUT2D eigenvalue weighted by Gasteiger charge is -2.15. The minimum absolute atomic E-state index is 1.16. The maximum Gasteiger partial charge on any atom is 0.0944 e. The Labute approximate surface area is 56.7 Å². The van der Waals surface area contributed by atoms with E-state index in [0.717, 1.165) is 6.42 Å². The number of hydrogen-bond donors (Lipinski definition) is 0. The normalized spacial score (nSPS) is 20.2. The molecule has 0 spiro atoms. The zero-order valence-corrected chi connectivity index (χ0v) is 6.24. The quantitative estimate of drug-likeness (QED) is 0.524. The van der Waals surface area contributed by atoms with Crippen molar-refractivity contribution < 1.29 is 4.74 Å². The number of rotatable bonds is 1. The van der Waals surface area contributed by atoms with Crippen LogP contribution in [0.3, 0.4) is 0 Å². The van der Waals surface area contributed by atoms with Crippen molar-refractivity contribution in [3.63, 3.8) is 0 Å². The molecule has 1 aliphatic rings. The summed E-state index contributed by atoms with van der Waals surface area (Å²) < 4.78 is 5.18. The molecule has 1 nitrogen and oxygen atoms in total. The molecule has 0 aromatic rings. The molecular weight excluding hydrogens is 112 g/mol. The minimum Gasteiger partial charge on any atom is -0.501 e. The van der Waals surface area contributed by atoms with Crippen LogP contribution in [0.4, 0.5) is 0 Å². The van der Waals surface area contributed by atoms with E-state index < -0.39 is 0 Å². The Bertz CT molecular complexity index is 125. The van der Waals surface area contributed by atoms with Gasteiger partial charge in [0.2, 0.25) is 0 Å². The van der Waals surface area contributed by atoms with Crippen molar-refractivity contribution in [2.45, 2.75) is 32.6 Å². The fourth-order valence-corrected chi connectivity index (χ4v) is 1.30. The number of ether oxygens (including phenoxy) is 1. The summed E-state index contributed by atoms with van der Waals surface area (Å²) in [5.41, 5.74) is 1.45.